The molecule has 0 aliphatic carbocycles. The molecule has 0 amide bonds. The predicted molar refractivity (Wildman–Crippen MR) is 62.7 cm³/mol. The van der Waals surface area contributed by atoms with Gasteiger partial charge in [0, 0.05) is 6.20 Å². The molecule has 1 N–H and O–H groups in total. The maximum atomic E-state index is 11.0. The maximum Gasteiger partial charge on any atom is 0.339 e. The number of hydrogen-bond acceptors (Lipinski definition) is 4. The van der Waals surface area contributed by atoms with Gasteiger partial charge < -0.3 is 9.52 Å². The summed E-state index contributed by atoms with van der Waals surface area (Å²) in [6.07, 6.45) is 1.66. The van der Waals surface area contributed by atoms with E-state index in [1.54, 1.807) is 28.8 Å². The van der Waals surface area contributed by atoms with Gasteiger partial charge >= 0.3 is 5.97 Å². The molecule has 3 rings (SSSR count). The molecule has 0 aliphatic rings. The smallest absolute Gasteiger partial charge is 0.339 e. The van der Waals surface area contributed by atoms with Crippen LogP contribution in [0.1, 0.15) is 10.4 Å². The van der Waals surface area contributed by atoms with Gasteiger partial charge in [0.2, 0.25) is 5.82 Å². The number of nitrogens with zero attached hydrogens (tertiary/aromatic N) is 3. The third kappa shape index (κ3) is 1.54. The molecule has 0 unspecified atom stereocenters. The van der Waals surface area contributed by atoms with E-state index < -0.39 is 5.97 Å². The van der Waals surface area contributed by atoms with E-state index in [9.17, 15) is 4.79 Å². The summed E-state index contributed by atoms with van der Waals surface area (Å²) < 4.78 is 6.77. The molecule has 7 heteroatoms. The van der Waals surface area contributed by atoms with Gasteiger partial charge in [-0.3, -0.25) is 4.40 Å². The third-order valence-corrected chi connectivity index (χ3v) is 2.66. The van der Waals surface area contributed by atoms with Crippen LogP contribution in [0.2, 0.25) is 5.22 Å². The van der Waals surface area contributed by atoms with Gasteiger partial charge in [0.25, 0.3) is 0 Å². The first-order valence-corrected chi connectivity index (χ1v) is 5.37. The first kappa shape index (κ1) is 10.8. The number of furan rings is 1. The van der Waals surface area contributed by atoms with Crippen LogP contribution in [0.25, 0.3) is 17.2 Å². The van der Waals surface area contributed by atoms with E-state index in [2.05, 4.69) is 10.2 Å². The molecule has 0 bridgehead atoms. The van der Waals surface area contributed by atoms with Crippen molar-refractivity contribution in [2.75, 3.05) is 0 Å². The fourth-order valence-corrected chi connectivity index (χ4v) is 1.83. The summed E-state index contributed by atoms with van der Waals surface area (Å²) in [6.45, 7) is 0. The van der Waals surface area contributed by atoms with Crippen LogP contribution in [-0.2, 0) is 0 Å². The molecule has 0 spiro atoms. The first-order chi connectivity index (χ1) is 8.66. The predicted octanol–water partition coefficient (Wildman–Crippen LogP) is 2.34. The Balaban J connectivity index is 2.27. The molecule has 6 nitrogen and oxygen atoms in total. The van der Waals surface area contributed by atoms with Crippen molar-refractivity contribution in [3.05, 3.63) is 41.2 Å². The lowest BCUT2D eigenvalue weighted by molar-refractivity contribution is 0.0698. The van der Waals surface area contributed by atoms with Gasteiger partial charge in [-0.25, -0.2) is 4.79 Å². The molecule has 90 valence electrons. The second-order valence-electron chi connectivity index (χ2n) is 3.55. The van der Waals surface area contributed by atoms with E-state index in [4.69, 9.17) is 21.1 Å². The first-order valence-electron chi connectivity index (χ1n) is 4.99. The lowest BCUT2D eigenvalue weighted by Crippen LogP contribution is -2.00. The Morgan fingerprint density at radius 1 is 1.33 bits per heavy atom. The van der Waals surface area contributed by atoms with Crippen molar-refractivity contribution >= 4 is 23.2 Å². The molecule has 0 saturated heterocycles. The Bertz CT molecular complexity index is 747. The summed E-state index contributed by atoms with van der Waals surface area (Å²) in [5, 5.41) is 17.0. The van der Waals surface area contributed by atoms with Crippen LogP contribution >= 0.6 is 11.6 Å². The molecule has 3 heterocycles. The van der Waals surface area contributed by atoms with Gasteiger partial charge in [-0.1, -0.05) is 0 Å². The number of carbonyl (C=O) groups is 1. The minimum atomic E-state index is -1.06. The van der Waals surface area contributed by atoms with Gasteiger partial charge in [0.15, 0.2) is 16.6 Å². The van der Waals surface area contributed by atoms with Crippen molar-refractivity contribution in [1.29, 1.82) is 0 Å². The molecule has 0 saturated carbocycles. The highest BCUT2D eigenvalue weighted by Crippen LogP contribution is 2.24. The van der Waals surface area contributed by atoms with Gasteiger partial charge in [-0.2, -0.15) is 0 Å². The fourth-order valence-electron chi connectivity index (χ4n) is 1.69. The number of pyridine rings is 1. The quantitative estimate of drug-likeness (QED) is 0.767. The topological polar surface area (TPSA) is 80.6 Å². The minimum Gasteiger partial charge on any atom is -0.478 e. The monoisotopic (exact) mass is 263 g/mol. The molecule has 0 atom stereocenters. The van der Waals surface area contributed by atoms with Crippen molar-refractivity contribution in [1.82, 2.24) is 14.6 Å². The molecule has 0 aromatic carbocycles. The molecule has 0 aliphatic heterocycles. The molecule has 3 aromatic heterocycles. The molecular formula is C11H6ClN3O3. The number of fused-ring (bicyclic) bond motifs is 1. The fraction of sp³-hybridized carbons (Fsp3) is 0. The number of rotatable bonds is 2. The highest BCUT2D eigenvalue weighted by molar-refractivity contribution is 6.28. The van der Waals surface area contributed by atoms with Crippen molar-refractivity contribution in [2.24, 2.45) is 0 Å². The van der Waals surface area contributed by atoms with Crippen LogP contribution in [0, 0.1) is 0 Å². The summed E-state index contributed by atoms with van der Waals surface area (Å²) in [4.78, 5) is 11.0. The Morgan fingerprint density at radius 2 is 2.17 bits per heavy atom. The van der Waals surface area contributed by atoms with Crippen LogP contribution in [0.5, 0.6) is 0 Å². The SMILES string of the molecule is O=C(O)c1cccn2c(-c3ccc(Cl)o3)nnc12. The van der Waals surface area contributed by atoms with Crippen LogP contribution in [-0.4, -0.2) is 25.7 Å². The summed E-state index contributed by atoms with van der Waals surface area (Å²) >= 11 is 5.69. The average Bonchev–Trinajstić information content (AvgIpc) is 2.93. The third-order valence-electron chi connectivity index (χ3n) is 2.46. The van der Waals surface area contributed by atoms with E-state index >= 15 is 0 Å². The number of halogens is 1. The minimum absolute atomic E-state index is 0.0777. The van der Waals surface area contributed by atoms with E-state index in [-0.39, 0.29) is 16.4 Å². The van der Waals surface area contributed by atoms with Crippen LogP contribution in [0.15, 0.2) is 34.9 Å². The zero-order valence-corrected chi connectivity index (χ0v) is 9.63. The summed E-state index contributed by atoms with van der Waals surface area (Å²) in [5.74, 6) is -0.230. The highest BCUT2D eigenvalue weighted by atomic mass is 35.5. The number of aromatic carboxylic acids is 1. The Hall–Kier alpha value is -2.34. The second kappa shape index (κ2) is 3.85. The van der Waals surface area contributed by atoms with Crippen LogP contribution < -0.4 is 0 Å². The lowest BCUT2D eigenvalue weighted by Gasteiger charge is -1.98. The van der Waals surface area contributed by atoms with Crippen LogP contribution in [0.3, 0.4) is 0 Å². The van der Waals surface area contributed by atoms with Crippen LogP contribution in [0.4, 0.5) is 0 Å². The van der Waals surface area contributed by atoms with Gasteiger partial charge in [-0.15, -0.1) is 10.2 Å². The second-order valence-corrected chi connectivity index (χ2v) is 3.92. The van der Waals surface area contributed by atoms with Gasteiger partial charge in [0.1, 0.15) is 5.56 Å². The molecule has 0 fully saturated rings. The van der Waals surface area contributed by atoms with Crippen molar-refractivity contribution in [3.63, 3.8) is 0 Å². The van der Waals surface area contributed by atoms with E-state index in [1.165, 1.54) is 6.07 Å². The summed E-state index contributed by atoms with van der Waals surface area (Å²) in [5.41, 5.74) is 0.335. The van der Waals surface area contributed by atoms with Crippen molar-refractivity contribution in [3.8, 4) is 11.6 Å². The van der Waals surface area contributed by atoms with Crippen molar-refractivity contribution in [2.45, 2.75) is 0 Å². The zero-order chi connectivity index (χ0) is 12.7. The Labute approximate surface area is 105 Å². The zero-order valence-electron chi connectivity index (χ0n) is 8.87. The summed E-state index contributed by atoms with van der Waals surface area (Å²) in [7, 11) is 0. The van der Waals surface area contributed by atoms with E-state index in [1.807, 2.05) is 0 Å². The molecule has 3 aromatic rings. The van der Waals surface area contributed by atoms with E-state index in [0.29, 0.717) is 11.6 Å². The number of aromatic nitrogens is 3. The number of hydrogen-bond donors (Lipinski definition) is 1. The average molecular weight is 264 g/mol. The molecule has 0 radical (unpaired) electrons. The number of carboxylic acids is 1. The van der Waals surface area contributed by atoms with Gasteiger partial charge in [0.05, 0.1) is 0 Å². The maximum absolute atomic E-state index is 11.0. The number of carboxylic acid groups (broad SMARTS) is 1. The molecular weight excluding hydrogens is 258 g/mol. The van der Waals surface area contributed by atoms with E-state index in [0.717, 1.165) is 0 Å². The normalized spacial score (nSPS) is 10.9. The molecule has 18 heavy (non-hydrogen) atoms. The largest absolute Gasteiger partial charge is 0.478 e. The Kier molecular flexibility index (Phi) is 2.31. The highest BCUT2D eigenvalue weighted by Gasteiger charge is 2.16. The Morgan fingerprint density at radius 3 is 2.83 bits per heavy atom. The van der Waals surface area contributed by atoms with Crippen molar-refractivity contribution < 1.29 is 14.3 Å². The van der Waals surface area contributed by atoms with Gasteiger partial charge in [-0.05, 0) is 35.9 Å². The summed E-state index contributed by atoms with van der Waals surface area (Å²) in [6, 6.07) is 6.30. The lowest BCUT2D eigenvalue weighted by atomic mass is 10.2. The standard InChI is InChI=1S/C11H6ClN3O3/c12-8-4-3-7(18-8)10-14-13-9-6(11(16)17)2-1-5-15(9)10/h1-5H,(H,16,17).